The summed E-state index contributed by atoms with van der Waals surface area (Å²) in [5, 5.41) is 3.72. The van der Waals surface area contributed by atoms with Crippen molar-refractivity contribution >= 4 is 38.8 Å². The van der Waals surface area contributed by atoms with Crippen molar-refractivity contribution in [2.45, 2.75) is 51.3 Å². The van der Waals surface area contributed by atoms with Crippen molar-refractivity contribution in [1.82, 2.24) is 15.2 Å². The van der Waals surface area contributed by atoms with Crippen molar-refractivity contribution < 1.29 is 19.1 Å². The lowest BCUT2D eigenvalue weighted by atomic mass is 10.0. The van der Waals surface area contributed by atoms with Gasteiger partial charge in [0.05, 0.1) is 28.9 Å². The van der Waals surface area contributed by atoms with Gasteiger partial charge in [-0.3, -0.25) is 4.90 Å². The summed E-state index contributed by atoms with van der Waals surface area (Å²) in [5.74, 6) is 0.881. The van der Waals surface area contributed by atoms with E-state index in [0.29, 0.717) is 31.2 Å². The number of hydrogen-bond donors (Lipinski definition) is 1. The van der Waals surface area contributed by atoms with Crippen LogP contribution in [0.2, 0.25) is 0 Å². The molecule has 154 valence electrons. The van der Waals surface area contributed by atoms with Crippen molar-refractivity contribution in [3.63, 3.8) is 0 Å². The smallest absolute Gasteiger partial charge is 0.410 e. The van der Waals surface area contributed by atoms with Gasteiger partial charge in [-0.2, -0.15) is 0 Å². The first-order chi connectivity index (χ1) is 13.8. The van der Waals surface area contributed by atoms with E-state index in [1.54, 1.807) is 9.80 Å². The Kier molecular flexibility index (Phi) is 4.13. The summed E-state index contributed by atoms with van der Waals surface area (Å²) in [6.45, 7) is 7.22. The highest BCUT2D eigenvalue weighted by atomic mass is 32.1. The summed E-state index contributed by atoms with van der Waals surface area (Å²) in [5.41, 5.74) is 1.48. The second-order valence-corrected chi connectivity index (χ2v) is 9.70. The van der Waals surface area contributed by atoms with Gasteiger partial charge in [0, 0.05) is 25.1 Å². The Hall–Kier alpha value is -2.55. The third-order valence-corrected chi connectivity index (χ3v) is 6.54. The molecule has 2 fully saturated rings. The molecule has 5 rings (SSSR count). The first kappa shape index (κ1) is 18.5. The average molecular weight is 417 g/mol. The van der Waals surface area contributed by atoms with E-state index in [1.807, 2.05) is 32.9 Å². The van der Waals surface area contributed by atoms with Crippen molar-refractivity contribution in [1.29, 1.82) is 0 Å². The highest BCUT2D eigenvalue weighted by Gasteiger charge is 2.46. The van der Waals surface area contributed by atoms with E-state index in [2.05, 4.69) is 5.32 Å². The van der Waals surface area contributed by atoms with Gasteiger partial charge in [-0.25, -0.2) is 14.6 Å². The molecule has 3 amide bonds. The largest absolute Gasteiger partial charge is 0.493 e. The zero-order chi connectivity index (χ0) is 20.3. The SMILES string of the molecule is CC(C)(C)OC(=O)N1CC[C@@H]2NC(=O)N(c3nc4c5c(ccc4s3)OCC5)[C@@H]2C1. The minimum atomic E-state index is -0.549. The number of nitrogens with one attached hydrogen (secondary N) is 1. The Bertz CT molecular complexity index is 998. The lowest BCUT2D eigenvalue weighted by molar-refractivity contribution is 0.0192. The summed E-state index contributed by atoms with van der Waals surface area (Å²) >= 11 is 1.50. The molecule has 29 heavy (non-hydrogen) atoms. The molecule has 1 aromatic heterocycles. The number of fused-ring (bicyclic) bond motifs is 4. The number of anilines is 1. The summed E-state index contributed by atoms with van der Waals surface area (Å²) in [7, 11) is 0. The molecule has 2 saturated heterocycles. The highest BCUT2D eigenvalue weighted by molar-refractivity contribution is 7.22. The zero-order valence-corrected chi connectivity index (χ0v) is 17.5. The van der Waals surface area contributed by atoms with Crippen LogP contribution in [0.5, 0.6) is 5.75 Å². The summed E-state index contributed by atoms with van der Waals surface area (Å²) in [6.07, 6.45) is 1.19. The minimum absolute atomic E-state index is 0.00208. The Morgan fingerprint density at radius 1 is 1.38 bits per heavy atom. The molecule has 0 spiro atoms. The number of likely N-dealkylation sites (tertiary alicyclic amines) is 1. The summed E-state index contributed by atoms with van der Waals surface area (Å²) in [4.78, 5) is 33.5. The number of amides is 3. The van der Waals surface area contributed by atoms with E-state index in [0.717, 1.165) is 28.0 Å². The molecule has 3 aliphatic rings. The quantitative estimate of drug-likeness (QED) is 0.772. The third-order valence-electron chi connectivity index (χ3n) is 5.52. The van der Waals surface area contributed by atoms with Crippen LogP contribution in [0.4, 0.5) is 14.7 Å². The normalized spacial score (nSPS) is 23.6. The molecule has 2 aromatic rings. The fraction of sp³-hybridized carbons (Fsp3) is 0.550. The maximum atomic E-state index is 12.8. The molecule has 0 saturated carbocycles. The predicted octanol–water partition coefficient (Wildman–Crippen LogP) is 3.14. The standard InChI is InChI=1S/C20H24N4O4S/c1-20(2,3)28-19(26)23-8-6-12-13(10-23)24(17(25)21-12)18-22-16-11-7-9-27-14(11)4-5-15(16)29-18/h4-5,12-13H,6-10H2,1-3H3,(H,21,25)/t12-,13+/m0/s1. The van der Waals surface area contributed by atoms with Crippen LogP contribution in [0, 0.1) is 0 Å². The Morgan fingerprint density at radius 2 is 2.21 bits per heavy atom. The molecule has 3 aliphatic heterocycles. The van der Waals surface area contributed by atoms with Crippen LogP contribution in [-0.4, -0.2) is 59.4 Å². The van der Waals surface area contributed by atoms with E-state index < -0.39 is 5.60 Å². The first-order valence-electron chi connectivity index (χ1n) is 9.93. The summed E-state index contributed by atoms with van der Waals surface area (Å²) < 4.78 is 12.2. The monoisotopic (exact) mass is 416 g/mol. The molecule has 9 heteroatoms. The fourth-order valence-corrected chi connectivity index (χ4v) is 5.27. The van der Waals surface area contributed by atoms with Crippen LogP contribution in [0.15, 0.2) is 12.1 Å². The number of rotatable bonds is 1. The number of urea groups is 1. The third kappa shape index (κ3) is 3.17. The van der Waals surface area contributed by atoms with Crippen LogP contribution >= 0.6 is 11.3 Å². The topological polar surface area (TPSA) is 84.0 Å². The van der Waals surface area contributed by atoms with Crippen molar-refractivity contribution in [3.05, 3.63) is 17.7 Å². The maximum Gasteiger partial charge on any atom is 0.410 e. The summed E-state index contributed by atoms with van der Waals surface area (Å²) in [6, 6.07) is 3.67. The van der Waals surface area contributed by atoms with Crippen LogP contribution in [0.1, 0.15) is 32.8 Å². The van der Waals surface area contributed by atoms with Gasteiger partial charge in [-0.05, 0) is 39.3 Å². The Balaban J connectivity index is 1.43. The lowest BCUT2D eigenvalue weighted by Crippen LogP contribution is -2.54. The first-order valence-corrected chi connectivity index (χ1v) is 10.7. The van der Waals surface area contributed by atoms with Crippen LogP contribution in [0.25, 0.3) is 10.2 Å². The van der Waals surface area contributed by atoms with Gasteiger partial charge in [-0.1, -0.05) is 11.3 Å². The number of hydrogen-bond acceptors (Lipinski definition) is 6. The molecule has 1 N–H and O–H groups in total. The van der Waals surface area contributed by atoms with Crippen molar-refractivity contribution in [2.24, 2.45) is 0 Å². The van der Waals surface area contributed by atoms with Gasteiger partial charge < -0.3 is 19.7 Å². The van der Waals surface area contributed by atoms with Crippen LogP contribution in [0.3, 0.4) is 0 Å². The predicted molar refractivity (Wildman–Crippen MR) is 110 cm³/mol. The van der Waals surface area contributed by atoms with E-state index in [1.165, 1.54) is 11.3 Å². The van der Waals surface area contributed by atoms with Gasteiger partial charge in [0.15, 0.2) is 5.13 Å². The van der Waals surface area contributed by atoms with Gasteiger partial charge in [-0.15, -0.1) is 0 Å². The highest BCUT2D eigenvalue weighted by Crippen LogP contribution is 2.39. The number of carbonyl (C=O) groups excluding carboxylic acids is 2. The van der Waals surface area contributed by atoms with Crippen molar-refractivity contribution in [3.8, 4) is 5.75 Å². The molecule has 0 unspecified atom stereocenters. The number of carbonyl (C=O) groups is 2. The molecule has 2 atom stereocenters. The molecule has 1 aromatic carbocycles. The number of aromatic nitrogens is 1. The number of thiazole rings is 1. The van der Waals surface area contributed by atoms with E-state index in [-0.39, 0.29) is 24.2 Å². The number of piperidine rings is 1. The molecule has 0 aliphatic carbocycles. The molecular formula is C20H24N4O4S. The van der Waals surface area contributed by atoms with E-state index >= 15 is 0 Å². The number of ether oxygens (including phenoxy) is 2. The molecule has 4 heterocycles. The van der Waals surface area contributed by atoms with E-state index in [9.17, 15) is 9.59 Å². The van der Waals surface area contributed by atoms with Gasteiger partial charge >= 0.3 is 12.1 Å². The maximum absolute atomic E-state index is 12.8. The molecule has 8 nitrogen and oxygen atoms in total. The van der Waals surface area contributed by atoms with Gasteiger partial charge in [0.1, 0.15) is 11.4 Å². The minimum Gasteiger partial charge on any atom is -0.493 e. The van der Waals surface area contributed by atoms with Gasteiger partial charge in [0.2, 0.25) is 0 Å². The van der Waals surface area contributed by atoms with E-state index in [4.69, 9.17) is 14.5 Å². The second kappa shape index (κ2) is 6.48. The number of nitrogens with zero attached hydrogens (tertiary/aromatic N) is 3. The Morgan fingerprint density at radius 3 is 3.00 bits per heavy atom. The van der Waals surface area contributed by atoms with Crippen LogP contribution in [-0.2, 0) is 11.2 Å². The lowest BCUT2D eigenvalue weighted by Gasteiger charge is -2.37. The zero-order valence-electron chi connectivity index (χ0n) is 16.7. The number of benzene rings is 1. The molecule has 0 bridgehead atoms. The van der Waals surface area contributed by atoms with Crippen molar-refractivity contribution in [2.75, 3.05) is 24.6 Å². The Labute approximate surface area is 172 Å². The average Bonchev–Trinajstić information content (AvgIpc) is 3.34. The second-order valence-electron chi connectivity index (χ2n) is 8.69. The molecular weight excluding hydrogens is 392 g/mol. The fourth-order valence-electron chi connectivity index (χ4n) is 4.22. The molecule has 0 radical (unpaired) electrons. The van der Waals surface area contributed by atoms with Gasteiger partial charge in [0.25, 0.3) is 0 Å². The van der Waals surface area contributed by atoms with Crippen LogP contribution < -0.4 is 15.0 Å².